The number of para-hydroxylation sites is 1. The molecule has 104 valence electrons. The van der Waals surface area contributed by atoms with Gasteiger partial charge in [0.1, 0.15) is 0 Å². The van der Waals surface area contributed by atoms with E-state index in [-0.39, 0.29) is 28.9 Å². The molecule has 0 fully saturated rings. The fourth-order valence-corrected chi connectivity index (χ4v) is 1.48. The maximum Gasteiger partial charge on any atom is 0.271 e. The largest absolute Gasteiger partial charge is 0.432 e. The van der Waals surface area contributed by atoms with Crippen LogP contribution < -0.4 is 15.8 Å². The average molecular weight is 276 g/mol. The Balaban J connectivity index is 2.17. The van der Waals surface area contributed by atoms with Crippen LogP contribution in [-0.2, 0) is 0 Å². The van der Waals surface area contributed by atoms with Crippen molar-refractivity contribution in [3.8, 4) is 11.6 Å². The fraction of sp³-hybridized carbons (Fsp3) is 0.154. The van der Waals surface area contributed by atoms with Gasteiger partial charge in [-0.1, -0.05) is 6.07 Å². The van der Waals surface area contributed by atoms with Crippen LogP contribution in [0.15, 0.2) is 30.3 Å². The summed E-state index contributed by atoms with van der Waals surface area (Å²) in [6, 6.07) is 7.06. The molecule has 0 saturated carbocycles. The predicted molar refractivity (Wildman–Crippen MR) is 70.9 cm³/mol. The van der Waals surface area contributed by atoms with Crippen molar-refractivity contribution >= 4 is 11.6 Å². The Kier molecular flexibility index (Phi) is 4.09. The van der Waals surface area contributed by atoms with E-state index >= 15 is 0 Å². The van der Waals surface area contributed by atoms with E-state index < -0.39 is 5.82 Å². The molecule has 3 N–H and O–H groups in total. The van der Waals surface area contributed by atoms with Crippen LogP contribution in [0.4, 0.5) is 10.1 Å². The lowest BCUT2D eigenvalue weighted by Crippen LogP contribution is -2.23. The minimum atomic E-state index is -0.598. The molecule has 0 bridgehead atoms. The molecular weight excluding hydrogens is 263 g/mol. The van der Waals surface area contributed by atoms with Gasteiger partial charge < -0.3 is 15.8 Å². The van der Waals surface area contributed by atoms with Gasteiger partial charge in [0.15, 0.2) is 17.3 Å². The van der Waals surface area contributed by atoms with E-state index in [1.165, 1.54) is 30.3 Å². The Morgan fingerprint density at radius 2 is 2.15 bits per heavy atom. The summed E-state index contributed by atoms with van der Waals surface area (Å²) >= 11 is 0. The molecule has 7 heteroatoms. The first-order chi connectivity index (χ1) is 9.61. The molecule has 1 aromatic carbocycles. The summed E-state index contributed by atoms with van der Waals surface area (Å²) in [5, 5.41) is 9.99. The van der Waals surface area contributed by atoms with Crippen molar-refractivity contribution < 1.29 is 13.9 Å². The van der Waals surface area contributed by atoms with Crippen molar-refractivity contribution in [1.29, 1.82) is 0 Å². The minimum absolute atomic E-state index is 0.0508. The van der Waals surface area contributed by atoms with Gasteiger partial charge in [-0.25, -0.2) is 4.39 Å². The van der Waals surface area contributed by atoms with Crippen molar-refractivity contribution in [2.24, 2.45) is 0 Å². The first-order valence-electron chi connectivity index (χ1n) is 5.95. The van der Waals surface area contributed by atoms with Crippen molar-refractivity contribution in [1.82, 2.24) is 15.5 Å². The molecule has 0 atom stereocenters. The monoisotopic (exact) mass is 276 g/mol. The molecule has 6 nitrogen and oxygen atoms in total. The van der Waals surface area contributed by atoms with Gasteiger partial charge in [-0.3, -0.25) is 4.79 Å². The molecule has 20 heavy (non-hydrogen) atoms. The number of nitrogens with two attached hydrogens (primary N) is 1. The van der Waals surface area contributed by atoms with Crippen LogP contribution in [0.1, 0.15) is 17.4 Å². The van der Waals surface area contributed by atoms with Crippen molar-refractivity contribution in [2.45, 2.75) is 6.92 Å². The van der Waals surface area contributed by atoms with Crippen molar-refractivity contribution in [3.63, 3.8) is 0 Å². The summed E-state index contributed by atoms with van der Waals surface area (Å²) in [6.45, 7) is 2.29. The first-order valence-corrected chi connectivity index (χ1v) is 5.95. The van der Waals surface area contributed by atoms with Crippen LogP contribution in [-0.4, -0.2) is 22.6 Å². The number of carbonyl (C=O) groups excluding carboxylic acids is 1. The maximum absolute atomic E-state index is 13.5. The number of anilines is 1. The molecule has 1 amide bonds. The number of halogens is 1. The molecule has 0 unspecified atom stereocenters. The summed E-state index contributed by atoms with van der Waals surface area (Å²) in [7, 11) is 0. The van der Waals surface area contributed by atoms with Crippen LogP contribution in [0.3, 0.4) is 0 Å². The molecule has 2 aromatic rings. The van der Waals surface area contributed by atoms with Gasteiger partial charge in [0.05, 0.1) is 5.69 Å². The van der Waals surface area contributed by atoms with Gasteiger partial charge in [-0.2, -0.15) is 0 Å². The zero-order chi connectivity index (χ0) is 14.5. The number of carbonyl (C=O) groups is 1. The summed E-state index contributed by atoms with van der Waals surface area (Å²) < 4.78 is 18.8. The highest BCUT2D eigenvalue weighted by Crippen LogP contribution is 2.28. The van der Waals surface area contributed by atoms with Crippen LogP contribution in [0, 0.1) is 5.82 Å². The van der Waals surface area contributed by atoms with E-state index in [0.717, 1.165) is 0 Å². The molecule has 1 heterocycles. The van der Waals surface area contributed by atoms with E-state index in [2.05, 4.69) is 15.5 Å². The van der Waals surface area contributed by atoms with Gasteiger partial charge in [-0.15, -0.1) is 10.2 Å². The van der Waals surface area contributed by atoms with E-state index in [0.29, 0.717) is 6.54 Å². The zero-order valence-electron chi connectivity index (χ0n) is 10.8. The first kappa shape index (κ1) is 13.7. The number of aromatic nitrogens is 2. The lowest BCUT2D eigenvalue weighted by atomic mass is 10.3. The van der Waals surface area contributed by atoms with Gasteiger partial charge in [-0.05, 0) is 25.1 Å². The van der Waals surface area contributed by atoms with Crippen LogP contribution in [0.2, 0.25) is 0 Å². The van der Waals surface area contributed by atoms with Crippen LogP contribution >= 0.6 is 0 Å². The van der Waals surface area contributed by atoms with Crippen molar-refractivity contribution in [3.05, 3.63) is 41.8 Å². The van der Waals surface area contributed by atoms with E-state index in [1.54, 1.807) is 6.92 Å². The summed E-state index contributed by atoms with van der Waals surface area (Å²) in [4.78, 5) is 11.5. The average Bonchev–Trinajstić information content (AvgIpc) is 2.44. The summed E-state index contributed by atoms with van der Waals surface area (Å²) in [6.07, 6.45) is 0. The lowest BCUT2D eigenvalue weighted by Gasteiger charge is -2.08. The highest BCUT2D eigenvalue weighted by molar-refractivity contribution is 5.91. The second kappa shape index (κ2) is 5.96. The van der Waals surface area contributed by atoms with Crippen molar-refractivity contribution in [2.75, 3.05) is 12.3 Å². The number of benzene rings is 1. The van der Waals surface area contributed by atoms with Gasteiger partial charge in [0.2, 0.25) is 5.88 Å². The Bertz CT molecular complexity index is 596. The van der Waals surface area contributed by atoms with Gasteiger partial charge in [0.25, 0.3) is 5.91 Å². The SMILES string of the molecule is CCNC(=O)c1ccc(Oc2c(N)cccc2F)nn1. The Hall–Kier alpha value is -2.70. The molecule has 0 aliphatic carbocycles. The number of hydrogen-bond donors (Lipinski definition) is 2. The van der Waals surface area contributed by atoms with Crippen LogP contribution in [0.25, 0.3) is 0 Å². The minimum Gasteiger partial charge on any atom is -0.432 e. The number of rotatable bonds is 4. The zero-order valence-corrected chi connectivity index (χ0v) is 10.8. The fourth-order valence-electron chi connectivity index (χ4n) is 1.48. The second-order valence-corrected chi connectivity index (χ2v) is 3.88. The number of nitrogen functional groups attached to an aromatic ring is 1. The highest BCUT2D eigenvalue weighted by atomic mass is 19.1. The number of ether oxygens (including phenoxy) is 1. The van der Waals surface area contributed by atoms with Gasteiger partial charge in [0, 0.05) is 12.6 Å². The predicted octanol–water partition coefficient (Wildman–Crippen LogP) is 1.74. The number of nitrogens with zero attached hydrogens (tertiary/aromatic N) is 2. The molecular formula is C13H13FN4O2. The molecule has 0 aliphatic heterocycles. The van der Waals surface area contributed by atoms with Gasteiger partial charge >= 0.3 is 0 Å². The van der Waals surface area contributed by atoms with E-state index in [4.69, 9.17) is 10.5 Å². The normalized spacial score (nSPS) is 10.1. The second-order valence-electron chi connectivity index (χ2n) is 3.88. The highest BCUT2D eigenvalue weighted by Gasteiger charge is 2.11. The van der Waals surface area contributed by atoms with Crippen LogP contribution in [0.5, 0.6) is 11.6 Å². The molecule has 1 aromatic heterocycles. The lowest BCUT2D eigenvalue weighted by molar-refractivity contribution is 0.0949. The molecule has 0 aliphatic rings. The Morgan fingerprint density at radius 1 is 1.35 bits per heavy atom. The van der Waals surface area contributed by atoms with E-state index in [9.17, 15) is 9.18 Å². The number of nitrogens with one attached hydrogen (secondary N) is 1. The summed E-state index contributed by atoms with van der Waals surface area (Å²) in [5.74, 6) is -1.00. The third kappa shape index (κ3) is 3.00. The number of hydrogen-bond acceptors (Lipinski definition) is 5. The third-order valence-corrected chi connectivity index (χ3v) is 2.41. The topological polar surface area (TPSA) is 90.1 Å². The molecule has 0 spiro atoms. The quantitative estimate of drug-likeness (QED) is 0.830. The Morgan fingerprint density at radius 3 is 2.75 bits per heavy atom. The third-order valence-electron chi connectivity index (χ3n) is 2.41. The Labute approximate surface area is 114 Å². The molecule has 2 rings (SSSR count). The van der Waals surface area contributed by atoms with E-state index in [1.807, 2.05) is 0 Å². The smallest absolute Gasteiger partial charge is 0.271 e. The molecule has 0 saturated heterocycles. The number of amides is 1. The molecule has 0 radical (unpaired) electrons. The maximum atomic E-state index is 13.5. The summed E-state index contributed by atoms with van der Waals surface area (Å²) in [5.41, 5.74) is 5.92. The standard InChI is InChI=1S/C13H13FN4O2/c1-2-16-13(19)10-6-7-11(18-17-10)20-12-8(14)4-3-5-9(12)15/h3-7H,2,15H2,1H3,(H,16,19).